The number of amides is 1. The molecule has 11 heteroatoms. The van der Waals surface area contributed by atoms with E-state index in [1.54, 1.807) is 42.5 Å². The lowest BCUT2D eigenvalue weighted by molar-refractivity contribution is -0.143. The molecule has 31 heavy (non-hydrogen) atoms. The first-order chi connectivity index (χ1) is 14.8. The zero-order chi connectivity index (χ0) is 22.8. The largest absolute Gasteiger partial charge is 0.494 e. The van der Waals surface area contributed by atoms with Gasteiger partial charge in [0.25, 0.3) is 5.91 Å². The highest BCUT2D eigenvalue weighted by molar-refractivity contribution is 5.84. The van der Waals surface area contributed by atoms with Crippen LogP contribution in [0.15, 0.2) is 52.7 Å². The van der Waals surface area contributed by atoms with E-state index in [0.29, 0.717) is 28.6 Å². The number of carbonyl (C=O) groups is 3. The molecule has 2 aromatic carbocycles. The third kappa shape index (κ3) is 7.65. The zero-order valence-electron chi connectivity index (χ0n) is 16.6. The van der Waals surface area contributed by atoms with Crippen LogP contribution in [0.2, 0.25) is 0 Å². The number of nitrogen functional groups attached to an aromatic ring is 1. The Labute approximate surface area is 177 Å². The highest BCUT2D eigenvalue weighted by atomic mass is 16.5. The minimum atomic E-state index is -1.32. The number of carboxylic acid groups (broad SMARTS) is 2. The molecule has 0 aliphatic rings. The number of aliphatic carboxylic acids is 2. The van der Waals surface area contributed by atoms with Gasteiger partial charge in [-0.1, -0.05) is 0 Å². The molecular weight excluding hydrogens is 408 g/mol. The normalized spacial score (nSPS) is 11.6. The van der Waals surface area contributed by atoms with Gasteiger partial charge in [-0.3, -0.25) is 9.59 Å². The summed E-state index contributed by atoms with van der Waals surface area (Å²) >= 11 is 0. The molecule has 0 saturated heterocycles. The lowest BCUT2D eigenvalue weighted by atomic mass is 10.1. The van der Waals surface area contributed by atoms with Gasteiger partial charge < -0.3 is 30.7 Å². The number of carboxylic acids is 2. The zero-order valence-corrected chi connectivity index (χ0v) is 16.6. The Bertz CT molecular complexity index is 961. The summed E-state index contributed by atoms with van der Waals surface area (Å²) < 4.78 is 10.5. The smallest absolute Gasteiger partial charge is 0.326 e. The van der Waals surface area contributed by atoms with Crippen LogP contribution in [0.3, 0.4) is 0 Å². The number of carbonyl (C=O) groups excluding carboxylic acids is 1. The van der Waals surface area contributed by atoms with E-state index < -0.39 is 30.5 Å². The van der Waals surface area contributed by atoms with E-state index in [9.17, 15) is 14.4 Å². The minimum absolute atomic E-state index is 0.227. The number of azo groups is 1. The summed E-state index contributed by atoms with van der Waals surface area (Å²) in [6.45, 7) is -0.430. The minimum Gasteiger partial charge on any atom is -0.494 e. The topological polar surface area (TPSA) is 173 Å². The molecule has 0 radical (unpaired) electrons. The Morgan fingerprint density at radius 1 is 1.10 bits per heavy atom. The van der Waals surface area contributed by atoms with E-state index in [0.717, 1.165) is 0 Å². The summed E-state index contributed by atoms with van der Waals surface area (Å²) in [4.78, 5) is 33.6. The Kier molecular flexibility index (Phi) is 8.31. The number of benzene rings is 2. The average Bonchev–Trinajstić information content (AvgIpc) is 2.74. The van der Waals surface area contributed by atoms with Crippen molar-refractivity contribution in [3.05, 3.63) is 42.5 Å². The first kappa shape index (κ1) is 23.1. The van der Waals surface area contributed by atoms with Gasteiger partial charge in [-0.15, -0.1) is 5.11 Å². The third-order valence-corrected chi connectivity index (χ3v) is 3.96. The fraction of sp³-hybridized carbons (Fsp3) is 0.250. The second-order valence-corrected chi connectivity index (χ2v) is 6.30. The Morgan fingerprint density at radius 3 is 2.42 bits per heavy atom. The first-order valence-corrected chi connectivity index (χ1v) is 9.10. The predicted octanol–water partition coefficient (Wildman–Crippen LogP) is 2.51. The van der Waals surface area contributed by atoms with Gasteiger partial charge in [0, 0.05) is 18.2 Å². The Hall–Kier alpha value is -4.15. The molecule has 0 aliphatic heterocycles. The molecule has 0 saturated carbocycles. The summed E-state index contributed by atoms with van der Waals surface area (Å²) in [5.41, 5.74) is 7.27. The lowest BCUT2D eigenvalue weighted by Gasteiger charge is -2.14. The van der Waals surface area contributed by atoms with Gasteiger partial charge in [-0.25, -0.2) is 4.79 Å². The third-order valence-electron chi connectivity index (χ3n) is 3.96. The molecule has 1 amide bonds. The highest BCUT2D eigenvalue weighted by Gasteiger charge is 2.21. The highest BCUT2D eigenvalue weighted by Crippen LogP contribution is 2.31. The Morgan fingerprint density at radius 2 is 1.81 bits per heavy atom. The number of anilines is 1. The molecule has 11 nitrogen and oxygen atoms in total. The van der Waals surface area contributed by atoms with Crippen molar-refractivity contribution >= 4 is 34.9 Å². The second kappa shape index (κ2) is 11.1. The average molecular weight is 430 g/mol. The monoisotopic (exact) mass is 430 g/mol. The van der Waals surface area contributed by atoms with Crippen LogP contribution in [0, 0.1) is 0 Å². The maximum Gasteiger partial charge on any atom is 0.326 e. The predicted molar refractivity (Wildman–Crippen MR) is 110 cm³/mol. The van der Waals surface area contributed by atoms with E-state index in [4.69, 9.17) is 25.4 Å². The van der Waals surface area contributed by atoms with Gasteiger partial charge >= 0.3 is 11.9 Å². The molecule has 0 spiro atoms. The quantitative estimate of drug-likeness (QED) is 0.311. The van der Waals surface area contributed by atoms with Crippen LogP contribution in [0.4, 0.5) is 17.1 Å². The fourth-order valence-corrected chi connectivity index (χ4v) is 2.41. The van der Waals surface area contributed by atoms with Crippen molar-refractivity contribution in [1.82, 2.24) is 5.32 Å². The van der Waals surface area contributed by atoms with Gasteiger partial charge in [0.2, 0.25) is 0 Å². The van der Waals surface area contributed by atoms with E-state index in [1.165, 1.54) is 7.11 Å². The van der Waals surface area contributed by atoms with Crippen LogP contribution in [0.5, 0.6) is 11.5 Å². The molecule has 164 valence electrons. The molecule has 0 fully saturated rings. The number of nitrogens with zero attached hydrogens (tertiary/aromatic N) is 2. The molecule has 0 aliphatic carbocycles. The van der Waals surface area contributed by atoms with Crippen molar-refractivity contribution in [2.45, 2.75) is 18.9 Å². The standard InChI is InChI=1S/C20H22N4O7/c1-30-17-10-12(21)2-7-15(17)24-23-13-3-5-14(6-4-13)31-11-18(25)22-16(20(28)29)8-9-19(26)27/h2-7,10,16H,8-9,11,21H2,1H3,(H,22,25)(H,26,27)(H,28,29). The maximum absolute atomic E-state index is 11.9. The SMILES string of the molecule is COc1cc(N)ccc1N=Nc1ccc(OCC(=O)NC(CCC(=O)O)C(=O)O)cc1. The number of methoxy groups -OCH3 is 1. The van der Waals surface area contributed by atoms with E-state index in [2.05, 4.69) is 15.5 Å². The van der Waals surface area contributed by atoms with Gasteiger partial charge in [0.1, 0.15) is 23.2 Å². The number of hydrogen-bond acceptors (Lipinski definition) is 8. The number of hydrogen-bond donors (Lipinski definition) is 4. The summed E-state index contributed by atoms with van der Waals surface area (Å²) in [5, 5.41) is 28.1. The molecule has 1 atom stereocenters. The number of nitrogens with two attached hydrogens (primary N) is 1. The molecular formula is C20H22N4O7. The first-order valence-electron chi connectivity index (χ1n) is 9.10. The molecule has 0 heterocycles. The Balaban J connectivity index is 1.90. The molecule has 2 aromatic rings. The molecule has 2 rings (SSSR count). The van der Waals surface area contributed by atoms with Crippen molar-refractivity contribution < 1.29 is 34.1 Å². The molecule has 5 N–H and O–H groups in total. The summed E-state index contributed by atoms with van der Waals surface area (Å²) in [6.07, 6.45) is -0.606. The van der Waals surface area contributed by atoms with Crippen LogP contribution in [-0.2, 0) is 14.4 Å². The maximum atomic E-state index is 11.9. The molecule has 0 aromatic heterocycles. The van der Waals surface area contributed by atoms with Crippen LogP contribution in [-0.4, -0.2) is 47.8 Å². The molecule has 0 bridgehead atoms. The summed E-state index contributed by atoms with van der Waals surface area (Å²) in [6, 6.07) is 10.1. The summed E-state index contributed by atoms with van der Waals surface area (Å²) in [7, 11) is 1.50. The van der Waals surface area contributed by atoms with Crippen LogP contribution in [0.25, 0.3) is 0 Å². The fourth-order valence-electron chi connectivity index (χ4n) is 2.41. The number of rotatable bonds is 11. The lowest BCUT2D eigenvalue weighted by Crippen LogP contribution is -2.43. The summed E-state index contributed by atoms with van der Waals surface area (Å²) in [5.74, 6) is -2.31. The molecule has 1 unspecified atom stereocenters. The number of nitrogens with one attached hydrogen (secondary N) is 1. The van der Waals surface area contributed by atoms with E-state index in [-0.39, 0.29) is 12.8 Å². The van der Waals surface area contributed by atoms with Crippen molar-refractivity contribution in [2.75, 3.05) is 19.5 Å². The van der Waals surface area contributed by atoms with Crippen molar-refractivity contribution in [3.63, 3.8) is 0 Å². The van der Waals surface area contributed by atoms with Crippen molar-refractivity contribution in [2.24, 2.45) is 10.2 Å². The van der Waals surface area contributed by atoms with Crippen LogP contribution < -0.4 is 20.5 Å². The van der Waals surface area contributed by atoms with Crippen LogP contribution >= 0.6 is 0 Å². The van der Waals surface area contributed by atoms with Gasteiger partial charge in [-0.2, -0.15) is 5.11 Å². The van der Waals surface area contributed by atoms with Crippen LogP contribution in [0.1, 0.15) is 12.8 Å². The van der Waals surface area contributed by atoms with Crippen molar-refractivity contribution in [1.29, 1.82) is 0 Å². The van der Waals surface area contributed by atoms with E-state index in [1.807, 2.05) is 0 Å². The van der Waals surface area contributed by atoms with Crippen molar-refractivity contribution in [3.8, 4) is 11.5 Å². The van der Waals surface area contributed by atoms with E-state index >= 15 is 0 Å². The second-order valence-electron chi connectivity index (χ2n) is 6.30. The number of ether oxygens (including phenoxy) is 2. The van der Waals surface area contributed by atoms with Gasteiger partial charge in [-0.05, 0) is 42.8 Å². The van der Waals surface area contributed by atoms with Gasteiger partial charge in [0.15, 0.2) is 6.61 Å². The van der Waals surface area contributed by atoms with Gasteiger partial charge in [0.05, 0.1) is 12.8 Å².